The van der Waals surface area contributed by atoms with Crippen molar-refractivity contribution in [3.05, 3.63) is 40.1 Å². The molecule has 0 fully saturated rings. The second-order valence-electron chi connectivity index (χ2n) is 4.02. The number of aromatic nitrogens is 1. The molecule has 0 bridgehead atoms. The highest BCUT2D eigenvalue weighted by molar-refractivity contribution is 9.10. The molecule has 0 aliphatic carbocycles. The SMILES string of the molecule is Cc1c(NS(=O)(=O)c2ccccc2Br)noc1C(F)(F)F. The second kappa shape index (κ2) is 5.34. The van der Waals surface area contributed by atoms with Crippen molar-refractivity contribution in [2.75, 3.05) is 4.72 Å². The van der Waals surface area contributed by atoms with Crippen molar-refractivity contribution in [2.45, 2.75) is 18.0 Å². The van der Waals surface area contributed by atoms with Crippen LogP contribution in [0.5, 0.6) is 0 Å². The van der Waals surface area contributed by atoms with Gasteiger partial charge >= 0.3 is 6.18 Å². The minimum absolute atomic E-state index is 0.124. The van der Waals surface area contributed by atoms with Crippen molar-refractivity contribution in [3.63, 3.8) is 0 Å². The van der Waals surface area contributed by atoms with Gasteiger partial charge in [0.15, 0.2) is 5.82 Å². The summed E-state index contributed by atoms with van der Waals surface area (Å²) < 4.78 is 68.4. The van der Waals surface area contributed by atoms with Gasteiger partial charge in [0, 0.05) is 10.0 Å². The Morgan fingerprint density at radius 1 is 1.29 bits per heavy atom. The zero-order chi connectivity index (χ0) is 15.8. The number of rotatable bonds is 3. The van der Waals surface area contributed by atoms with E-state index in [1.807, 2.05) is 4.72 Å². The molecule has 0 saturated carbocycles. The van der Waals surface area contributed by atoms with Gasteiger partial charge in [-0.15, -0.1) is 0 Å². The van der Waals surface area contributed by atoms with E-state index < -0.39 is 33.3 Å². The van der Waals surface area contributed by atoms with Gasteiger partial charge in [-0.2, -0.15) is 13.2 Å². The predicted octanol–water partition coefficient (Wildman–Crippen LogP) is 3.57. The fourth-order valence-corrected chi connectivity index (χ4v) is 3.60. The molecular formula is C11H8BrF3N2O3S. The van der Waals surface area contributed by atoms with E-state index >= 15 is 0 Å². The molecule has 114 valence electrons. The molecule has 1 aromatic carbocycles. The van der Waals surface area contributed by atoms with E-state index in [0.717, 1.165) is 6.92 Å². The molecule has 2 rings (SSSR count). The molecule has 0 atom stereocenters. The average Bonchev–Trinajstić information content (AvgIpc) is 2.70. The zero-order valence-corrected chi connectivity index (χ0v) is 12.8. The van der Waals surface area contributed by atoms with Crippen molar-refractivity contribution in [2.24, 2.45) is 0 Å². The van der Waals surface area contributed by atoms with Crippen LogP contribution >= 0.6 is 15.9 Å². The third-order valence-electron chi connectivity index (χ3n) is 2.54. The lowest BCUT2D eigenvalue weighted by molar-refractivity contribution is -0.156. The molecule has 1 heterocycles. The van der Waals surface area contributed by atoms with E-state index in [2.05, 4.69) is 25.6 Å². The van der Waals surface area contributed by atoms with E-state index in [-0.39, 0.29) is 9.37 Å². The van der Waals surface area contributed by atoms with Gasteiger partial charge in [0.1, 0.15) is 4.90 Å². The van der Waals surface area contributed by atoms with Crippen LogP contribution in [0.2, 0.25) is 0 Å². The van der Waals surface area contributed by atoms with E-state index in [4.69, 9.17) is 0 Å². The van der Waals surface area contributed by atoms with Gasteiger partial charge in [0.2, 0.25) is 5.76 Å². The molecule has 0 unspecified atom stereocenters. The first-order chi connectivity index (χ1) is 9.63. The number of hydrogen-bond acceptors (Lipinski definition) is 4. The van der Waals surface area contributed by atoms with Crippen molar-refractivity contribution >= 4 is 31.8 Å². The number of anilines is 1. The quantitative estimate of drug-likeness (QED) is 0.877. The Labute approximate surface area is 126 Å². The maximum absolute atomic E-state index is 12.6. The van der Waals surface area contributed by atoms with Gasteiger partial charge in [0.05, 0.1) is 0 Å². The largest absolute Gasteiger partial charge is 0.452 e. The summed E-state index contributed by atoms with van der Waals surface area (Å²) in [6.45, 7) is 1.07. The molecular weight excluding hydrogens is 377 g/mol. The number of sulfonamides is 1. The van der Waals surface area contributed by atoms with Crippen LogP contribution in [0, 0.1) is 6.92 Å². The molecule has 10 heteroatoms. The summed E-state index contributed by atoms with van der Waals surface area (Å²) in [4.78, 5) is -0.124. The van der Waals surface area contributed by atoms with Crippen molar-refractivity contribution < 1.29 is 26.1 Å². The molecule has 0 radical (unpaired) electrons. The fourth-order valence-electron chi connectivity index (χ4n) is 1.54. The lowest BCUT2D eigenvalue weighted by Gasteiger charge is -2.07. The Balaban J connectivity index is 2.39. The summed E-state index contributed by atoms with van der Waals surface area (Å²) in [5, 5.41) is 3.12. The summed E-state index contributed by atoms with van der Waals surface area (Å²) in [5.74, 6) is -1.84. The number of nitrogens with one attached hydrogen (secondary N) is 1. The zero-order valence-electron chi connectivity index (χ0n) is 10.4. The normalized spacial score (nSPS) is 12.4. The average molecular weight is 385 g/mol. The van der Waals surface area contributed by atoms with E-state index in [0.29, 0.717) is 0 Å². The minimum Gasteiger partial charge on any atom is -0.349 e. The Kier molecular flexibility index (Phi) is 4.02. The highest BCUT2D eigenvalue weighted by atomic mass is 79.9. The minimum atomic E-state index is -4.74. The second-order valence-corrected chi connectivity index (χ2v) is 6.52. The third-order valence-corrected chi connectivity index (χ3v) is 4.89. The van der Waals surface area contributed by atoms with Crippen LogP contribution in [0.3, 0.4) is 0 Å². The number of hydrogen-bond donors (Lipinski definition) is 1. The first-order valence-corrected chi connectivity index (χ1v) is 7.71. The van der Waals surface area contributed by atoms with Gasteiger partial charge in [-0.1, -0.05) is 17.3 Å². The molecule has 1 aromatic heterocycles. The summed E-state index contributed by atoms with van der Waals surface area (Å²) in [6.07, 6.45) is -4.74. The number of benzene rings is 1. The van der Waals surface area contributed by atoms with Crippen LogP contribution in [-0.2, 0) is 16.2 Å². The van der Waals surface area contributed by atoms with Crippen LogP contribution in [0.25, 0.3) is 0 Å². The van der Waals surface area contributed by atoms with Crippen LogP contribution in [0.15, 0.2) is 38.2 Å². The topological polar surface area (TPSA) is 72.2 Å². The molecule has 0 spiro atoms. The molecule has 2 aromatic rings. The molecule has 0 amide bonds. The van der Waals surface area contributed by atoms with E-state index in [1.54, 1.807) is 6.07 Å². The van der Waals surface area contributed by atoms with Gasteiger partial charge in [-0.3, -0.25) is 4.72 Å². The monoisotopic (exact) mass is 384 g/mol. The summed E-state index contributed by atoms with van der Waals surface area (Å²) in [5.41, 5.74) is -0.432. The predicted molar refractivity (Wildman–Crippen MR) is 71.2 cm³/mol. The highest BCUT2D eigenvalue weighted by Crippen LogP contribution is 2.35. The first kappa shape index (κ1) is 15.8. The lowest BCUT2D eigenvalue weighted by atomic mass is 10.3. The Bertz CT molecular complexity index is 771. The van der Waals surface area contributed by atoms with Crippen LogP contribution in [-0.4, -0.2) is 13.6 Å². The van der Waals surface area contributed by atoms with Crippen LogP contribution in [0.1, 0.15) is 11.3 Å². The summed E-state index contributed by atoms with van der Waals surface area (Å²) in [7, 11) is -4.09. The Morgan fingerprint density at radius 2 is 1.90 bits per heavy atom. The number of nitrogens with zero attached hydrogens (tertiary/aromatic N) is 1. The van der Waals surface area contributed by atoms with Crippen molar-refractivity contribution in [1.29, 1.82) is 0 Å². The number of alkyl halides is 3. The summed E-state index contributed by atoms with van der Waals surface area (Å²) in [6, 6.07) is 5.88. The van der Waals surface area contributed by atoms with Crippen molar-refractivity contribution in [3.8, 4) is 0 Å². The Hall–Kier alpha value is -1.55. The fraction of sp³-hybridized carbons (Fsp3) is 0.182. The summed E-state index contributed by atoms with van der Waals surface area (Å²) >= 11 is 3.06. The molecule has 21 heavy (non-hydrogen) atoms. The molecule has 0 aliphatic heterocycles. The van der Waals surface area contributed by atoms with E-state index in [9.17, 15) is 21.6 Å². The lowest BCUT2D eigenvalue weighted by Crippen LogP contribution is -2.15. The third kappa shape index (κ3) is 3.21. The van der Waals surface area contributed by atoms with Crippen LogP contribution in [0.4, 0.5) is 19.0 Å². The maximum atomic E-state index is 12.6. The maximum Gasteiger partial charge on any atom is 0.452 e. The van der Waals surface area contributed by atoms with Crippen LogP contribution < -0.4 is 4.72 Å². The highest BCUT2D eigenvalue weighted by Gasteiger charge is 2.39. The van der Waals surface area contributed by atoms with Crippen molar-refractivity contribution in [1.82, 2.24) is 5.16 Å². The molecule has 1 N–H and O–H groups in total. The standard InChI is InChI=1S/C11H8BrF3N2O3S/c1-6-9(11(13,14)15)20-16-10(6)17-21(18,19)8-5-3-2-4-7(8)12/h2-5H,1H3,(H,16,17). The number of halogens is 4. The van der Waals surface area contributed by atoms with Gasteiger partial charge < -0.3 is 4.52 Å². The van der Waals surface area contributed by atoms with Gasteiger partial charge in [-0.25, -0.2) is 8.42 Å². The molecule has 0 saturated heterocycles. The van der Waals surface area contributed by atoms with E-state index in [1.165, 1.54) is 18.2 Å². The Morgan fingerprint density at radius 3 is 2.43 bits per heavy atom. The van der Waals surface area contributed by atoms with Gasteiger partial charge in [-0.05, 0) is 35.0 Å². The smallest absolute Gasteiger partial charge is 0.349 e. The molecule has 5 nitrogen and oxygen atoms in total. The molecule has 0 aliphatic rings. The first-order valence-electron chi connectivity index (χ1n) is 5.44. The van der Waals surface area contributed by atoms with Gasteiger partial charge in [0.25, 0.3) is 10.0 Å².